The van der Waals surface area contributed by atoms with E-state index in [-0.39, 0.29) is 16.0 Å². The number of hydrogen-bond donors (Lipinski definition) is 1. The zero-order valence-electron chi connectivity index (χ0n) is 9.77. The van der Waals surface area contributed by atoms with Gasteiger partial charge in [0.1, 0.15) is 0 Å². The molecule has 1 aromatic heterocycles. The molecule has 1 aliphatic rings. The van der Waals surface area contributed by atoms with E-state index in [1.165, 1.54) is 0 Å². The molecule has 0 spiro atoms. The van der Waals surface area contributed by atoms with Gasteiger partial charge in [0.15, 0.2) is 9.34 Å². The summed E-state index contributed by atoms with van der Waals surface area (Å²) < 4.78 is 22.5. The average Bonchev–Trinajstić information content (AvgIpc) is 2.85. The summed E-state index contributed by atoms with van der Waals surface area (Å²) in [6, 6.07) is 0. The van der Waals surface area contributed by atoms with Crippen molar-refractivity contribution in [2.24, 2.45) is 5.92 Å². The van der Waals surface area contributed by atoms with Crippen molar-refractivity contribution in [2.75, 3.05) is 5.32 Å². The van der Waals surface area contributed by atoms with Crippen molar-refractivity contribution in [2.45, 2.75) is 36.8 Å². The second-order valence-electron chi connectivity index (χ2n) is 4.30. The van der Waals surface area contributed by atoms with E-state index in [1.54, 1.807) is 6.92 Å². The average molecular weight is 309 g/mol. The summed E-state index contributed by atoms with van der Waals surface area (Å²) in [6.45, 7) is 1.55. The fourth-order valence-electron chi connectivity index (χ4n) is 2.06. The first kappa shape index (κ1) is 13.8. The standard InChI is InChI=1S/C10H13ClN2O3S2/c1-6-9(18(11,15)16)17-10(12-6)13-8(14)7-4-2-3-5-7/h7H,2-5H2,1H3,(H,12,13,14). The van der Waals surface area contributed by atoms with Crippen LogP contribution in [0.1, 0.15) is 31.4 Å². The van der Waals surface area contributed by atoms with Crippen LogP contribution in [0.15, 0.2) is 4.21 Å². The summed E-state index contributed by atoms with van der Waals surface area (Å²) in [4.78, 5) is 15.9. The number of nitrogens with one attached hydrogen (secondary N) is 1. The van der Waals surface area contributed by atoms with E-state index in [0.29, 0.717) is 10.8 Å². The number of thiazole rings is 1. The van der Waals surface area contributed by atoms with Gasteiger partial charge in [0.2, 0.25) is 5.91 Å². The van der Waals surface area contributed by atoms with Gasteiger partial charge in [-0.1, -0.05) is 24.2 Å². The molecule has 0 aromatic carbocycles. The molecule has 0 atom stereocenters. The van der Waals surface area contributed by atoms with Crippen LogP contribution >= 0.6 is 22.0 Å². The molecule has 1 aliphatic carbocycles. The summed E-state index contributed by atoms with van der Waals surface area (Å²) in [5.74, 6) is -0.0648. The molecule has 1 aromatic rings. The molecule has 18 heavy (non-hydrogen) atoms. The lowest BCUT2D eigenvalue weighted by atomic mass is 10.1. The Balaban J connectivity index is 2.13. The fourth-order valence-corrected chi connectivity index (χ4v) is 4.41. The second-order valence-corrected chi connectivity index (χ2v) is 8.06. The van der Waals surface area contributed by atoms with Crippen molar-refractivity contribution >= 4 is 42.1 Å². The molecule has 0 unspecified atom stereocenters. The zero-order chi connectivity index (χ0) is 13.3. The predicted octanol–water partition coefficient (Wildman–Crippen LogP) is 2.51. The van der Waals surface area contributed by atoms with Crippen LogP contribution in [0, 0.1) is 12.8 Å². The van der Waals surface area contributed by atoms with E-state index in [4.69, 9.17) is 10.7 Å². The molecule has 5 nitrogen and oxygen atoms in total. The molecular formula is C10H13ClN2O3S2. The van der Waals surface area contributed by atoms with Gasteiger partial charge in [-0.2, -0.15) is 0 Å². The summed E-state index contributed by atoms with van der Waals surface area (Å²) >= 11 is 0.891. The maximum absolute atomic E-state index is 11.9. The van der Waals surface area contributed by atoms with Crippen LogP contribution in [0.2, 0.25) is 0 Å². The van der Waals surface area contributed by atoms with Gasteiger partial charge in [0, 0.05) is 16.6 Å². The molecule has 8 heteroatoms. The number of aryl methyl sites for hydroxylation is 1. The Morgan fingerprint density at radius 1 is 1.44 bits per heavy atom. The minimum absolute atomic E-state index is 0.00844. The van der Waals surface area contributed by atoms with Crippen LogP contribution in [-0.2, 0) is 13.8 Å². The van der Waals surface area contributed by atoms with Gasteiger partial charge in [-0.15, -0.1) is 0 Å². The van der Waals surface area contributed by atoms with Gasteiger partial charge < -0.3 is 5.32 Å². The number of carbonyl (C=O) groups excluding carboxylic acids is 1. The van der Waals surface area contributed by atoms with Crippen molar-refractivity contribution in [3.63, 3.8) is 0 Å². The SMILES string of the molecule is Cc1nc(NC(=O)C2CCCC2)sc1S(=O)(=O)Cl. The monoisotopic (exact) mass is 308 g/mol. The first-order chi connectivity index (χ1) is 8.38. The highest BCUT2D eigenvalue weighted by atomic mass is 35.7. The van der Waals surface area contributed by atoms with Gasteiger partial charge in [0.05, 0.1) is 5.69 Å². The van der Waals surface area contributed by atoms with Crippen LogP contribution in [0.5, 0.6) is 0 Å². The predicted molar refractivity (Wildman–Crippen MR) is 70.5 cm³/mol. The molecule has 2 rings (SSSR count). The number of carbonyl (C=O) groups is 1. The summed E-state index contributed by atoms with van der Waals surface area (Å²) in [5, 5.41) is 2.96. The maximum Gasteiger partial charge on any atom is 0.272 e. The van der Waals surface area contributed by atoms with Crippen LogP contribution < -0.4 is 5.32 Å². The molecule has 1 fully saturated rings. The largest absolute Gasteiger partial charge is 0.302 e. The Morgan fingerprint density at radius 3 is 2.56 bits per heavy atom. The van der Waals surface area contributed by atoms with E-state index in [0.717, 1.165) is 37.0 Å². The Bertz CT molecular complexity index is 562. The molecule has 0 radical (unpaired) electrons. The first-order valence-corrected chi connectivity index (χ1v) is 8.73. The highest BCUT2D eigenvalue weighted by Crippen LogP contribution is 2.31. The van der Waals surface area contributed by atoms with Crippen molar-refractivity contribution < 1.29 is 13.2 Å². The second kappa shape index (κ2) is 5.14. The summed E-state index contributed by atoms with van der Waals surface area (Å²) in [6.07, 6.45) is 3.90. The number of amides is 1. The Hall–Kier alpha value is -0.660. The molecular weight excluding hydrogens is 296 g/mol. The third kappa shape index (κ3) is 3.02. The highest BCUT2D eigenvalue weighted by molar-refractivity contribution is 8.15. The number of anilines is 1. The minimum atomic E-state index is -3.79. The minimum Gasteiger partial charge on any atom is -0.302 e. The third-order valence-electron chi connectivity index (χ3n) is 2.93. The van der Waals surface area contributed by atoms with Crippen molar-refractivity contribution in [1.82, 2.24) is 4.98 Å². The van der Waals surface area contributed by atoms with Crippen LogP contribution in [0.25, 0.3) is 0 Å². The fraction of sp³-hybridized carbons (Fsp3) is 0.600. The van der Waals surface area contributed by atoms with E-state index < -0.39 is 9.05 Å². The van der Waals surface area contributed by atoms with Crippen molar-refractivity contribution in [1.29, 1.82) is 0 Å². The number of aromatic nitrogens is 1. The summed E-state index contributed by atoms with van der Waals surface area (Å²) in [7, 11) is 1.48. The molecule has 0 saturated heterocycles. The van der Waals surface area contributed by atoms with Crippen molar-refractivity contribution in [3.05, 3.63) is 5.69 Å². The van der Waals surface area contributed by atoms with Crippen LogP contribution in [-0.4, -0.2) is 19.3 Å². The third-order valence-corrected chi connectivity index (χ3v) is 6.18. The van der Waals surface area contributed by atoms with E-state index in [1.807, 2.05) is 0 Å². The van der Waals surface area contributed by atoms with Gasteiger partial charge in [0.25, 0.3) is 9.05 Å². The Labute approximate surface area is 114 Å². The topological polar surface area (TPSA) is 76.1 Å². The first-order valence-electron chi connectivity index (χ1n) is 5.61. The number of nitrogens with zero attached hydrogens (tertiary/aromatic N) is 1. The molecule has 0 bridgehead atoms. The van der Waals surface area contributed by atoms with Crippen molar-refractivity contribution in [3.8, 4) is 0 Å². The Morgan fingerprint density at radius 2 is 2.06 bits per heavy atom. The van der Waals surface area contributed by atoms with Gasteiger partial charge >= 0.3 is 0 Å². The molecule has 0 aliphatic heterocycles. The summed E-state index contributed by atoms with van der Waals surface area (Å²) in [5.41, 5.74) is 0.316. The van der Waals surface area contributed by atoms with E-state index >= 15 is 0 Å². The lowest BCUT2D eigenvalue weighted by molar-refractivity contribution is -0.119. The molecule has 100 valence electrons. The molecule has 1 heterocycles. The van der Waals surface area contributed by atoms with Crippen LogP contribution in [0.3, 0.4) is 0 Å². The van der Waals surface area contributed by atoms with E-state index in [2.05, 4.69) is 10.3 Å². The number of rotatable bonds is 3. The van der Waals surface area contributed by atoms with E-state index in [9.17, 15) is 13.2 Å². The smallest absolute Gasteiger partial charge is 0.272 e. The molecule has 1 amide bonds. The van der Waals surface area contributed by atoms with Gasteiger partial charge in [-0.05, 0) is 19.8 Å². The Kier molecular flexibility index (Phi) is 3.93. The molecule has 1 N–H and O–H groups in total. The normalized spacial score (nSPS) is 17.0. The molecule has 1 saturated carbocycles. The lowest BCUT2D eigenvalue weighted by Crippen LogP contribution is -2.20. The van der Waals surface area contributed by atoms with Crippen LogP contribution in [0.4, 0.5) is 5.13 Å². The quantitative estimate of drug-likeness (QED) is 0.870. The number of hydrogen-bond acceptors (Lipinski definition) is 5. The zero-order valence-corrected chi connectivity index (χ0v) is 12.2. The van der Waals surface area contributed by atoms with Gasteiger partial charge in [-0.25, -0.2) is 13.4 Å². The van der Waals surface area contributed by atoms with Gasteiger partial charge in [-0.3, -0.25) is 4.79 Å². The maximum atomic E-state index is 11.9. The highest BCUT2D eigenvalue weighted by Gasteiger charge is 2.25. The number of halogens is 1. The lowest BCUT2D eigenvalue weighted by Gasteiger charge is -2.07.